The fourth-order valence-corrected chi connectivity index (χ4v) is 6.16. The number of nitrogens with zero attached hydrogens (tertiary/aromatic N) is 1. The van der Waals surface area contributed by atoms with Gasteiger partial charge < -0.3 is 9.47 Å². The Bertz CT molecular complexity index is 1300. The van der Waals surface area contributed by atoms with Crippen LogP contribution >= 0.6 is 0 Å². The largest absolute Gasteiger partial charge is 0.493 e. The number of allylic oxidation sites excluding steroid dienone is 1. The van der Waals surface area contributed by atoms with E-state index >= 15 is 0 Å². The lowest BCUT2D eigenvalue weighted by molar-refractivity contribution is 0.283. The Morgan fingerprint density at radius 2 is 1.69 bits per heavy atom. The first kappa shape index (κ1) is 24.9. The Kier molecular flexibility index (Phi) is 7.51. The van der Waals surface area contributed by atoms with E-state index in [1.165, 1.54) is 0 Å². The predicted octanol–water partition coefficient (Wildman–Crippen LogP) is 6.50. The summed E-state index contributed by atoms with van der Waals surface area (Å²) in [5, 5.41) is 0. The summed E-state index contributed by atoms with van der Waals surface area (Å²) in [6.45, 7) is 6.19. The van der Waals surface area contributed by atoms with Gasteiger partial charge in [0.25, 0.3) is 10.0 Å². The van der Waals surface area contributed by atoms with Crippen molar-refractivity contribution in [2.75, 3.05) is 11.4 Å². The maximum Gasteiger partial charge on any atom is 0.264 e. The van der Waals surface area contributed by atoms with Crippen molar-refractivity contribution in [3.05, 3.63) is 95.1 Å². The molecule has 0 saturated carbocycles. The number of aryl methyl sites for hydroxylation is 1. The van der Waals surface area contributed by atoms with Crippen molar-refractivity contribution in [3.8, 4) is 11.5 Å². The summed E-state index contributed by atoms with van der Waals surface area (Å²) >= 11 is 0. The third-order valence-electron chi connectivity index (χ3n) is 6.57. The highest BCUT2D eigenvalue weighted by atomic mass is 32.2. The third kappa shape index (κ3) is 5.22. The van der Waals surface area contributed by atoms with Crippen LogP contribution in [0.4, 0.5) is 5.69 Å². The lowest BCUT2D eigenvalue weighted by Crippen LogP contribution is -2.40. The van der Waals surface area contributed by atoms with Gasteiger partial charge in [-0.3, -0.25) is 4.31 Å². The predicted molar refractivity (Wildman–Crippen MR) is 141 cm³/mol. The van der Waals surface area contributed by atoms with Gasteiger partial charge in [0.05, 0.1) is 23.7 Å². The number of benzene rings is 3. The number of ether oxygens (including phenoxy) is 2. The number of sulfonamides is 1. The number of methoxy groups -OCH3 is 1. The fraction of sp³-hybridized carbons (Fsp3) is 0.310. The second kappa shape index (κ2) is 10.6. The van der Waals surface area contributed by atoms with Crippen molar-refractivity contribution in [1.29, 1.82) is 0 Å². The Morgan fingerprint density at radius 3 is 2.31 bits per heavy atom. The number of anilines is 1. The molecule has 0 aromatic heterocycles. The SMILES string of the molecule is COc1c(OCc2ccccc2)cc(N(C2C=CCCC2)S(=O)(=O)c2ccc(C)cc2)c(C)c1C. The molecule has 1 aliphatic carbocycles. The summed E-state index contributed by atoms with van der Waals surface area (Å²) in [6, 6.07) is 18.5. The van der Waals surface area contributed by atoms with Gasteiger partial charge in [-0.15, -0.1) is 0 Å². The Balaban J connectivity index is 1.84. The lowest BCUT2D eigenvalue weighted by Gasteiger charge is -2.34. The van der Waals surface area contributed by atoms with Gasteiger partial charge in [-0.05, 0) is 68.9 Å². The van der Waals surface area contributed by atoms with Crippen molar-refractivity contribution in [3.63, 3.8) is 0 Å². The second-order valence-corrected chi connectivity index (χ2v) is 10.8. The van der Waals surface area contributed by atoms with E-state index in [9.17, 15) is 8.42 Å². The normalized spacial score (nSPS) is 15.6. The fourth-order valence-electron chi connectivity index (χ4n) is 4.47. The summed E-state index contributed by atoms with van der Waals surface area (Å²) in [4.78, 5) is 0.279. The lowest BCUT2D eigenvalue weighted by atomic mass is 10.0. The van der Waals surface area contributed by atoms with Gasteiger partial charge >= 0.3 is 0 Å². The van der Waals surface area contributed by atoms with Crippen LogP contribution in [0.3, 0.4) is 0 Å². The number of hydrogen-bond acceptors (Lipinski definition) is 4. The summed E-state index contributed by atoms with van der Waals surface area (Å²) in [7, 11) is -2.21. The molecule has 1 atom stereocenters. The molecule has 5 nitrogen and oxygen atoms in total. The highest BCUT2D eigenvalue weighted by Crippen LogP contribution is 2.42. The van der Waals surface area contributed by atoms with Crippen molar-refractivity contribution < 1.29 is 17.9 Å². The molecule has 0 aliphatic heterocycles. The molecule has 1 unspecified atom stereocenters. The molecule has 0 amide bonds. The van der Waals surface area contributed by atoms with Crippen LogP contribution in [0.5, 0.6) is 11.5 Å². The maximum absolute atomic E-state index is 14.1. The average Bonchev–Trinajstić information content (AvgIpc) is 2.87. The van der Waals surface area contributed by atoms with Gasteiger partial charge in [-0.25, -0.2) is 8.42 Å². The van der Waals surface area contributed by atoms with E-state index in [1.54, 1.807) is 23.5 Å². The van der Waals surface area contributed by atoms with Gasteiger partial charge in [0.15, 0.2) is 11.5 Å². The molecule has 35 heavy (non-hydrogen) atoms. The number of rotatable bonds is 8. The van der Waals surface area contributed by atoms with Crippen LogP contribution in [0, 0.1) is 20.8 Å². The Hall–Kier alpha value is -3.25. The number of hydrogen-bond donors (Lipinski definition) is 0. The second-order valence-electron chi connectivity index (χ2n) is 8.99. The molecule has 3 aromatic rings. The zero-order chi connectivity index (χ0) is 25.0. The molecule has 0 heterocycles. The summed E-state index contributed by atoms with van der Waals surface area (Å²) < 4.78 is 41.6. The van der Waals surface area contributed by atoms with E-state index in [4.69, 9.17) is 9.47 Å². The van der Waals surface area contributed by atoms with Crippen LogP contribution in [0.15, 0.2) is 77.7 Å². The first-order chi connectivity index (χ1) is 16.8. The maximum atomic E-state index is 14.1. The van der Waals surface area contributed by atoms with Crippen molar-refractivity contribution in [2.45, 2.75) is 57.6 Å². The molecule has 0 bridgehead atoms. The van der Waals surface area contributed by atoms with Gasteiger partial charge in [0, 0.05) is 6.07 Å². The van der Waals surface area contributed by atoms with Crippen molar-refractivity contribution in [1.82, 2.24) is 0 Å². The highest BCUT2D eigenvalue weighted by Gasteiger charge is 2.33. The molecule has 184 valence electrons. The van der Waals surface area contributed by atoms with Crippen LogP contribution in [0.25, 0.3) is 0 Å². The molecule has 0 saturated heterocycles. The Labute approximate surface area is 209 Å². The van der Waals surface area contributed by atoms with E-state index in [-0.39, 0.29) is 10.9 Å². The molecular weight excluding hydrogens is 458 g/mol. The van der Waals surface area contributed by atoms with E-state index in [1.807, 2.05) is 75.4 Å². The first-order valence-corrected chi connectivity index (χ1v) is 13.4. The molecular formula is C29H33NO4S. The van der Waals surface area contributed by atoms with E-state index in [0.717, 1.165) is 41.5 Å². The zero-order valence-corrected chi connectivity index (χ0v) is 21.6. The van der Waals surface area contributed by atoms with Gasteiger partial charge in [-0.1, -0.05) is 60.2 Å². The summed E-state index contributed by atoms with van der Waals surface area (Å²) in [6.07, 6.45) is 6.74. The first-order valence-electron chi connectivity index (χ1n) is 12.0. The monoisotopic (exact) mass is 491 g/mol. The van der Waals surface area contributed by atoms with Crippen molar-refractivity contribution in [2.24, 2.45) is 0 Å². The van der Waals surface area contributed by atoms with Crippen LogP contribution in [0.2, 0.25) is 0 Å². The molecule has 0 radical (unpaired) electrons. The Morgan fingerprint density at radius 1 is 0.971 bits per heavy atom. The third-order valence-corrected chi connectivity index (χ3v) is 8.42. The summed E-state index contributed by atoms with van der Waals surface area (Å²) in [5.74, 6) is 1.15. The molecule has 4 rings (SSSR count). The quantitative estimate of drug-likeness (QED) is 0.337. The van der Waals surface area contributed by atoms with Gasteiger partial charge in [0.1, 0.15) is 6.61 Å². The van der Waals surface area contributed by atoms with Gasteiger partial charge in [-0.2, -0.15) is 0 Å². The molecule has 1 aliphatic rings. The van der Waals surface area contributed by atoms with E-state index in [2.05, 4.69) is 6.08 Å². The smallest absolute Gasteiger partial charge is 0.264 e. The van der Waals surface area contributed by atoms with Crippen LogP contribution in [-0.2, 0) is 16.6 Å². The van der Waals surface area contributed by atoms with Gasteiger partial charge in [0.2, 0.25) is 0 Å². The summed E-state index contributed by atoms with van der Waals surface area (Å²) in [5.41, 5.74) is 4.36. The molecule has 3 aromatic carbocycles. The topological polar surface area (TPSA) is 55.8 Å². The molecule has 0 spiro atoms. The van der Waals surface area contributed by atoms with E-state index in [0.29, 0.717) is 23.8 Å². The molecule has 0 fully saturated rings. The average molecular weight is 492 g/mol. The van der Waals surface area contributed by atoms with Crippen LogP contribution < -0.4 is 13.8 Å². The molecule has 6 heteroatoms. The minimum atomic E-state index is -3.83. The van der Waals surface area contributed by atoms with Crippen LogP contribution in [-0.4, -0.2) is 21.6 Å². The minimum Gasteiger partial charge on any atom is -0.493 e. The zero-order valence-electron chi connectivity index (χ0n) is 20.8. The minimum absolute atomic E-state index is 0.275. The molecule has 0 N–H and O–H groups in total. The van der Waals surface area contributed by atoms with Crippen LogP contribution in [0.1, 0.15) is 41.5 Å². The standard InChI is InChI=1S/C29H33NO4S/c1-21-15-17-26(18-16-21)35(31,32)30(25-13-9-6-10-14-25)27-19-28(29(33-4)23(3)22(27)2)34-20-24-11-7-5-8-12-24/h5,7-9,11-13,15-19,25H,6,10,14,20H2,1-4H3. The van der Waals surface area contributed by atoms with Crippen molar-refractivity contribution >= 4 is 15.7 Å². The highest BCUT2D eigenvalue weighted by molar-refractivity contribution is 7.92. The van der Waals surface area contributed by atoms with E-state index < -0.39 is 10.0 Å².